The molecule has 0 spiro atoms. The number of hydrogen-bond acceptors (Lipinski definition) is 3. The molecule has 1 unspecified atom stereocenters. The van der Waals surface area contributed by atoms with Crippen LogP contribution in [0.15, 0.2) is 34.9 Å². The van der Waals surface area contributed by atoms with E-state index in [0.717, 1.165) is 15.7 Å². The summed E-state index contributed by atoms with van der Waals surface area (Å²) >= 11 is 3.42. The van der Waals surface area contributed by atoms with Crippen molar-refractivity contribution >= 4 is 15.9 Å². The van der Waals surface area contributed by atoms with Crippen LogP contribution in [0.1, 0.15) is 24.2 Å². The standard InChI is InChI=1S/C13H14BrF2N3O/c1-2-19-12(10(14)7-18-19)11(17)8-3-5-9(6-4-8)20-13(15)16/h3-7,11,13H,2,17H2,1H3. The zero-order valence-corrected chi connectivity index (χ0v) is 12.3. The van der Waals surface area contributed by atoms with Crippen molar-refractivity contribution in [3.63, 3.8) is 0 Å². The van der Waals surface area contributed by atoms with Gasteiger partial charge in [0.15, 0.2) is 0 Å². The summed E-state index contributed by atoms with van der Waals surface area (Å²) in [5.41, 5.74) is 7.85. The van der Waals surface area contributed by atoms with E-state index in [4.69, 9.17) is 5.73 Å². The van der Waals surface area contributed by atoms with Crippen LogP contribution in [0, 0.1) is 0 Å². The monoisotopic (exact) mass is 345 g/mol. The van der Waals surface area contributed by atoms with Crippen molar-refractivity contribution in [3.8, 4) is 5.75 Å². The van der Waals surface area contributed by atoms with Crippen LogP contribution >= 0.6 is 15.9 Å². The first-order chi connectivity index (χ1) is 9.52. The van der Waals surface area contributed by atoms with Crippen molar-refractivity contribution in [2.75, 3.05) is 0 Å². The number of rotatable bonds is 5. The molecule has 108 valence electrons. The Hall–Kier alpha value is -1.47. The Balaban J connectivity index is 2.24. The molecule has 0 fully saturated rings. The molecular weight excluding hydrogens is 332 g/mol. The number of nitrogens with two attached hydrogens (primary N) is 1. The van der Waals surface area contributed by atoms with E-state index in [9.17, 15) is 8.78 Å². The Morgan fingerprint density at radius 1 is 1.35 bits per heavy atom. The lowest BCUT2D eigenvalue weighted by Gasteiger charge is -2.15. The normalized spacial score (nSPS) is 12.7. The topological polar surface area (TPSA) is 53.1 Å². The molecule has 0 radical (unpaired) electrons. The van der Waals surface area contributed by atoms with Crippen LogP contribution in [-0.2, 0) is 6.54 Å². The number of alkyl halides is 2. The molecule has 0 amide bonds. The molecular formula is C13H14BrF2N3O. The lowest BCUT2D eigenvalue weighted by atomic mass is 10.0. The van der Waals surface area contributed by atoms with E-state index in [1.807, 2.05) is 6.92 Å². The minimum atomic E-state index is -2.83. The van der Waals surface area contributed by atoms with Gasteiger partial charge in [-0.3, -0.25) is 4.68 Å². The maximum atomic E-state index is 12.1. The van der Waals surface area contributed by atoms with Crippen LogP contribution in [0.4, 0.5) is 8.78 Å². The first-order valence-corrected chi connectivity index (χ1v) is 6.83. The van der Waals surface area contributed by atoms with Gasteiger partial charge in [0.1, 0.15) is 5.75 Å². The number of benzene rings is 1. The fourth-order valence-corrected chi connectivity index (χ4v) is 2.49. The first kappa shape index (κ1) is 14.9. The number of ether oxygens (including phenoxy) is 1. The maximum absolute atomic E-state index is 12.1. The van der Waals surface area contributed by atoms with Crippen LogP contribution in [-0.4, -0.2) is 16.4 Å². The van der Waals surface area contributed by atoms with Crippen LogP contribution in [0.5, 0.6) is 5.75 Å². The summed E-state index contributed by atoms with van der Waals surface area (Å²) in [7, 11) is 0. The van der Waals surface area contributed by atoms with Crippen molar-refractivity contribution < 1.29 is 13.5 Å². The van der Waals surface area contributed by atoms with E-state index in [0.29, 0.717) is 6.54 Å². The van der Waals surface area contributed by atoms with Crippen LogP contribution < -0.4 is 10.5 Å². The lowest BCUT2D eigenvalue weighted by molar-refractivity contribution is -0.0498. The van der Waals surface area contributed by atoms with Gasteiger partial charge in [0.05, 0.1) is 22.4 Å². The molecule has 4 nitrogen and oxygen atoms in total. The second-order valence-electron chi connectivity index (χ2n) is 4.12. The highest BCUT2D eigenvalue weighted by atomic mass is 79.9. The molecule has 1 aromatic heterocycles. The number of aryl methyl sites for hydroxylation is 1. The third kappa shape index (κ3) is 3.16. The summed E-state index contributed by atoms with van der Waals surface area (Å²) in [6.07, 6.45) is 1.69. The second kappa shape index (κ2) is 6.32. The molecule has 1 atom stereocenters. The summed E-state index contributed by atoms with van der Waals surface area (Å²) in [4.78, 5) is 0. The maximum Gasteiger partial charge on any atom is 0.387 e. The Bertz CT molecular complexity index is 571. The molecule has 7 heteroatoms. The summed E-state index contributed by atoms with van der Waals surface area (Å²) < 4.78 is 31.1. The van der Waals surface area contributed by atoms with Gasteiger partial charge < -0.3 is 10.5 Å². The van der Waals surface area contributed by atoms with Crippen molar-refractivity contribution in [3.05, 3.63) is 46.2 Å². The molecule has 0 saturated heterocycles. The minimum absolute atomic E-state index is 0.110. The zero-order valence-electron chi connectivity index (χ0n) is 10.8. The smallest absolute Gasteiger partial charge is 0.387 e. The molecule has 2 N–H and O–H groups in total. The average molecular weight is 346 g/mol. The van der Waals surface area contributed by atoms with Crippen LogP contribution in [0.3, 0.4) is 0 Å². The van der Waals surface area contributed by atoms with Crippen molar-refractivity contribution in [1.82, 2.24) is 9.78 Å². The number of aromatic nitrogens is 2. The Labute approximate surface area is 123 Å². The predicted octanol–water partition coefficient (Wildman–Crippen LogP) is 3.32. The van der Waals surface area contributed by atoms with Gasteiger partial charge in [-0.05, 0) is 40.5 Å². The second-order valence-corrected chi connectivity index (χ2v) is 4.97. The number of hydrogen-bond donors (Lipinski definition) is 1. The molecule has 0 aliphatic heterocycles. The molecule has 0 aliphatic rings. The van der Waals surface area contributed by atoms with Crippen molar-refractivity contribution in [2.45, 2.75) is 26.1 Å². The van der Waals surface area contributed by atoms with Gasteiger partial charge >= 0.3 is 6.61 Å². The van der Waals surface area contributed by atoms with Gasteiger partial charge in [-0.25, -0.2) is 0 Å². The summed E-state index contributed by atoms with van der Waals surface area (Å²) in [6, 6.07) is 5.89. The molecule has 2 aromatic rings. The Kier molecular flexibility index (Phi) is 4.72. The molecule has 0 aliphatic carbocycles. The van der Waals surface area contributed by atoms with Gasteiger partial charge in [0.2, 0.25) is 0 Å². The van der Waals surface area contributed by atoms with E-state index in [1.54, 1.807) is 23.0 Å². The Morgan fingerprint density at radius 3 is 2.55 bits per heavy atom. The largest absolute Gasteiger partial charge is 0.435 e. The summed E-state index contributed by atoms with van der Waals surface area (Å²) in [5, 5.41) is 4.20. The van der Waals surface area contributed by atoms with E-state index in [1.165, 1.54) is 12.1 Å². The molecule has 1 heterocycles. The van der Waals surface area contributed by atoms with E-state index >= 15 is 0 Å². The number of nitrogens with zero attached hydrogens (tertiary/aromatic N) is 2. The van der Waals surface area contributed by atoms with Crippen LogP contribution in [0.2, 0.25) is 0 Å². The third-order valence-corrected chi connectivity index (χ3v) is 3.50. The number of halogens is 3. The quantitative estimate of drug-likeness (QED) is 0.904. The third-order valence-electron chi connectivity index (χ3n) is 2.89. The molecule has 1 aromatic carbocycles. The molecule has 0 bridgehead atoms. The Morgan fingerprint density at radius 2 is 2.00 bits per heavy atom. The fourth-order valence-electron chi connectivity index (χ4n) is 1.95. The van der Waals surface area contributed by atoms with Gasteiger partial charge in [-0.2, -0.15) is 13.9 Å². The van der Waals surface area contributed by atoms with Gasteiger partial charge in [-0.1, -0.05) is 12.1 Å². The van der Waals surface area contributed by atoms with E-state index < -0.39 is 12.7 Å². The summed E-state index contributed by atoms with van der Waals surface area (Å²) in [5.74, 6) is 0.110. The fraction of sp³-hybridized carbons (Fsp3) is 0.308. The molecule has 0 saturated carbocycles. The molecule has 20 heavy (non-hydrogen) atoms. The molecule has 2 rings (SSSR count). The highest BCUT2D eigenvalue weighted by molar-refractivity contribution is 9.10. The predicted molar refractivity (Wildman–Crippen MR) is 74.7 cm³/mol. The first-order valence-electron chi connectivity index (χ1n) is 6.04. The highest BCUT2D eigenvalue weighted by Crippen LogP contribution is 2.28. The van der Waals surface area contributed by atoms with Gasteiger partial charge in [0.25, 0.3) is 0 Å². The lowest BCUT2D eigenvalue weighted by Crippen LogP contribution is -2.17. The average Bonchev–Trinajstić information content (AvgIpc) is 2.79. The van der Waals surface area contributed by atoms with Crippen molar-refractivity contribution in [1.29, 1.82) is 0 Å². The SMILES string of the molecule is CCn1ncc(Br)c1C(N)c1ccc(OC(F)F)cc1. The van der Waals surface area contributed by atoms with Crippen molar-refractivity contribution in [2.24, 2.45) is 5.73 Å². The van der Waals surface area contributed by atoms with E-state index in [2.05, 4.69) is 25.8 Å². The zero-order chi connectivity index (χ0) is 14.7. The van der Waals surface area contributed by atoms with Gasteiger partial charge in [-0.15, -0.1) is 0 Å². The van der Waals surface area contributed by atoms with Crippen LogP contribution in [0.25, 0.3) is 0 Å². The summed E-state index contributed by atoms with van der Waals surface area (Å²) in [6.45, 7) is -0.165. The minimum Gasteiger partial charge on any atom is -0.435 e. The highest BCUT2D eigenvalue weighted by Gasteiger charge is 2.18. The van der Waals surface area contributed by atoms with Gasteiger partial charge in [0, 0.05) is 6.54 Å². The van der Waals surface area contributed by atoms with E-state index in [-0.39, 0.29) is 5.75 Å².